The molecule has 0 radical (unpaired) electrons. The second kappa shape index (κ2) is 5.54. The molecule has 3 nitrogen and oxygen atoms in total. The van der Waals surface area contributed by atoms with Crippen LogP contribution in [0.25, 0.3) is 21.5 Å². The van der Waals surface area contributed by atoms with Gasteiger partial charge in [-0.3, -0.25) is 4.79 Å². The lowest BCUT2D eigenvalue weighted by atomic mass is 9.98. The zero-order chi connectivity index (χ0) is 14.8. The maximum Gasteiger partial charge on any atom is 0.248 e. The SMILES string of the molecule is CCOCc1ccc2c(ccc3cc(C(N)=O)ccc32)c1. The number of hydrogen-bond donors (Lipinski definition) is 1. The predicted octanol–water partition coefficient (Wildman–Crippen LogP) is 3.63. The molecule has 21 heavy (non-hydrogen) atoms. The number of primary amides is 1. The number of nitrogens with two attached hydrogens (primary N) is 1. The monoisotopic (exact) mass is 279 g/mol. The Morgan fingerprint density at radius 2 is 1.67 bits per heavy atom. The number of amides is 1. The van der Waals surface area contributed by atoms with Crippen LogP contribution in [0.1, 0.15) is 22.8 Å². The molecule has 3 aromatic carbocycles. The Hall–Kier alpha value is -2.39. The van der Waals surface area contributed by atoms with Crippen molar-refractivity contribution in [3.8, 4) is 0 Å². The minimum Gasteiger partial charge on any atom is -0.377 e. The van der Waals surface area contributed by atoms with Gasteiger partial charge in [0.05, 0.1) is 6.61 Å². The van der Waals surface area contributed by atoms with Crippen LogP contribution in [0.3, 0.4) is 0 Å². The summed E-state index contributed by atoms with van der Waals surface area (Å²) in [5.74, 6) is -0.399. The van der Waals surface area contributed by atoms with Crippen LogP contribution in [-0.2, 0) is 11.3 Å². The van der Waals surface area contributed by atoms with E-state index in [4.69, 9.17) is 10.5 Å². The summed E-state index contributed by atoms with van der Waals surface area (Å²) < 4.78 is 5.45. The van der Waals surface area contributed by atoms with Gasteiger partial charge in [-0.05, 0) is 52.2 Å². The smallest absolute Gasteiger partial charge is 0.248 e. The first-order valence-corrected chi connectivity index (χ1v) is 7.02. The lowest BCUT2D eigenvalue weighted by Crippen LogP contribution is -2.10. The van der Waals surface area contributed by atoms with Crippen LogP contribution in [0.15, 0.2) is 48.5 Å². The standard InChI is InChI=1S/C18H17NO2/c1-2-21-11-12-3-7-16-13(9-12)4-5-14-10-15(18(19)20)6-8-17(14)16/h3-10H,2,11H2,1H3,(H2,19,20). The maximum absolute atomic E-state index is 11.3. The van der Waals surface area contributed by atoms with Crippen LogP contribution in [0.2, 0.25) is 0 Å². The van der Waals surface area contributed by atoms with Crippen molar-refractivity contribution in [3.05, 3.63) is 59.7 Å². The lowest BCUT2D eigenvalue weighted by molar-refractivity contribution is 0.100. The minimum absolute atomic E-state index is 0.399. The highest BCUT2D eigenvalue weighted by molar-refractivity contribution is 6.09. The number of fused-ring (bicyclic) bond motifs is 3. The number of carbonyl (C=O) groups excluding carboxylic acids is 1. The van der Waals surface area contributed by atoms with Gasteiger partial charge in [-0.2, -0.15) is 0 Å². The third-order valence-electron chi connectivity index (χ3n) is 3.66. The molecule has 3 aromatic rings. The number of carbonyl (C=O) groups is 1. The number of benzene rings is 3. The van der Waals surface area contributed by atoms with E-state index in [2.05, 4.69) is 24.3 Å². The van der Waals surface area contributed by atoms with Gasteiger partial charge in [0.25, 0.3) is 0 Å². The van der Waals surface area contributed by atoms with E-state index in [0.717, 1.165) is 16.3 Å². The highest BCUT2D eigenvalue weighted by Crippen LogP contribution is 2.27. The normalized spacial score (nSPS) is 11.1. The average Bonchev–Trinajstić information content (AvgIpc) is 2.51. The van der Waals surface area contributed by atoms with E-state index in [-0.39, 0.29) is 0 Å². The largest absolute Gasteiger partial charge is 0.377 e. The van der Waals surface area contributed by atoms with Gasteiger partial charge in [0.15, 0.2) is 0 Å². The fourth-order valence-electron chi connectivity index (χ4n) is 2.58. The lowest BCUT2D eigenvalue weighted by Gasteiger charge is -2.08. The van der Waals surface area contributed by atoms with Gasteiger partial charge in [-0.1, -0.05) is 30.3 Å². The van der Waals surface area contributed by atoms with Crippen LogP contribution in [0, 0.1) is 0 Å². The van der Waals surface area contributed by atoms with Crippen molar-refractivity contribution < 1.29 is 9.53 Å². The van der Waals surface area contributed by atoms with E-state index in [1.807, 2.05) is 25.1 Å². The van der Waals surface area contributed by atoms with E-state index in [1.54, 1.807) is 6.07 Å². The molecular formula is C18H17NO2. The van der Waals surface area contributed by atoms with Crippen molar-refractivity contribution in [3.63, 3.8) is 0 Å². The van der Waals surface area contributed by atoms with E-state index < -0.39 is 5.91 Å². The Morgan fingerprint density at radius 3 is 2.33 bits per heavy atom. The molecule has 0 saturated heterocycles. The summed E-state index contributed by atoms with van der Waals surface area (Å²) in [7, 11) is 0. The zero-order valence-corrected chi connectivity index (χ0v) is 11.9. The van der Waals surface area contributed by atoms with Crippen molar-refractivity contribution in [2.45, 2.75) is 13.5 Å². The van der Waals surface area contributed by atoms with Crippen LogP contribution < -0.4 is 5.73 Å². The average molecular weight is 279 g/mol. The first-order chi connectivity index (χ1) is 10.2. The van der Waals surface area contributed by atoms with Gasteiger partial charge in [-0.25, -0.2) is 0 Å². The molecule has 0 bridgehead atoms. The summed E-state index contributed by atoms with van der Waals surface area (Å²) >= 11 is 0. The molecule has 3 rings (SSSR count). The van der Waals surface area contributed by atoms with Crippen molar-refractivity contribution in [2.75, 3.05) is 6.61 Å². The Morgan fingerprint density at radius 1 is 1.00 bits per heavy atom. The molecule has 0 aliphatic heterocycles. The highest BCUT2D eigenvalue weighted by atomic mass is 16.5. The third kappa shape index (κ3) is 2.60. The van der Waals surface area contributed by atoms with Crippen molar-refractivity contribution >= 4 is 27.5 Å². The van der Waals surface area contributed by atoms with Gasteiger partial charge in [-0.15, -0.1) is 0 Å². The second-order valence-corrected chi connectivity index (χ2v) is 5.06. The summed E-state index contributed by atoms with van der Waals surface area (Å²) in [6.07, 6.45) is 0. The Labute approximate surface area is 123 Å². The van der Waals surface area contributed by atoms with E-state index in [1.165, 1.54) is 10.8 Å². The molecule has 0 aliphatic carbocycles. The fraction of sp³-hybridized carbons (Fsp3) is 0.167. The zero-order valence-electron chi connectivity index (χ0n) is 11.9. The van der Waals surface area contributed by atoms with Gasteiger partial charge in [0, 0.05) is 12.2 Å². The van der Waals surface area contributed by atoms with Crippen LogP contribution in [-0.4, -0.2) is 12.5 Å². The van der Waals surface area contributed by atoms with E-state index in [9.17, 15) is 4.79 Å². The summed E-state index contributed by atoms with van der Waals surface area (Å²) in [4.78, 5) is 11.3. The Bertz CT molecular complexity index is 824. The molecule has 0 aromatic heterocycles. The molecular weight excluding hydrogens is 262 g/mol. The molecule has 0 spiro atoms. The third-order valence-corrected chi connectivity index (χ3v) is 3.66. The van der Waals surface area contributed by atoms with E-state index >= 15 is 0 Å². The van der Waals surface area contributed by atoms with Gasteiger partial charge in [0.1, 0.15) is 0 Å². The Kier molecular flexibility index (Phi) is 3.59. The molecule has 0 aliphatic rings. The summed E-state index contributed by atoms with van der Waals surface area (Å²) in [5, 5.41) is 4.49. The topological polar surface area (TPSA) is 52.3 Å². The number of hydrogen-bond acceptors (Lipinski definition) is 2. The fourth-order valence-corrected chi connectivity index (χ4v) is 2.58. The molecule has 2 N–H and O–H groups in total. The summed E-state index contributed by atoms with van der Waals surface area (Å²) in [6, 6.07) is 16.0. The summed E-state index contributed by atoms with van der Waals surface area (Å²) in [6.45, 7) is 3.33. The van der Waals surface area contributed by atoms with Crippen LogP contribution in [0.5, 0.6) is 0 Å². The first-order valence-electron chi connectivity index (χ1n) is 7.02. The van der Waals surface area contributed by atoms with E-state index in [0.29, 0.717) is 18.8 Å². The first kappa shape index (κ1) is 13.6. The molecule has 0 heterocycles. The Balaban J connectivity index is 2.13. The highest BCUT2D eigenvalue weighted by Gasteiger charge is 2.05. The van der Waals surface area contributed by atoms with Crippen LogP contribution in [0.4, 0.5) is 0 Å². The number of rotatable bonds is 4. The maximum atomic E-state index is 11.3. The van der Waals surface area contributed by atoms with Crippen molar-refractivity contribution in [2.24, 2.45) is 5.73 Å². The summed E-state index contributed by atoms with van der Waals surface area (Å²) in [5.41, 5.74) is 7.03. The predicted molar refractivity (Wildman–Crippen MR) is 85.3 cm³/mol. The molecule has 0 atom stereocenters. The number of ether oxygens (including phenoxy) is 1. The van der Waals surface area contributed by atoms with Crippen LogP contribution >= 0.6 is 0 Å². The quantitative estimate of drug-likeness (QED) is 0.741. The molecule has 0 saturated carbocycles. The molecule has 0 fully saturated rings. The van der Waals surface area contributed by atoms with Gasteiger partial charge >= 0.3 is 0 Å². The molecule has 1 amide bonds. The molecule has 106 valence electrons. The van der Waals surface area contributed by atoms with Crippen molar-refractivity contribution in [1.29, 1.82) is 0 Å². The van der Waals surface area contributed by atoms with Gasteiger partial charge < -0.3 is 10.5 Å². The second-order valence-electron chi connectivity index (χ2n) is 5.06. The van der Waals surface area contributed by atoms with Crippen molar-refractivity contribution in [1.82, 2.24) is 0 Å². The molecule has 0 unspecified atom stereocenters. The molecule has 3 heteroatoms. The minimum atomic E-state index is -0.399. The van der Waals surface area contributed by atoms with Gasteiger partial charge in [0.2, 0.25) is 5.91 Å².